The van der Waals surface area contributed by atoms with Crippen LogP contribution in [-0.4, -0.2) is 20.4 Å². The number of para-hydroxylation sites is 1. The number of hydrogen-bond acceptors (Lipinski definition) is 4. The second kappa shape index (κ2) is 8.77. The molecule has 0 bridgehead atoms. The van der Waals surface area contributed by atoms with Crippen molar-refractivity contribution < 1.29 is 13.9 Å². The van der Waals surface area contributed by atoms with Gasteiger partial charge in [-0.3, -0.25) is 9.36 Å². The molecule has 3 aromatic carbocycles. The number of halogens is 2. The van der Waals surface area contributed by atoms with Crippen molar-refractivity contribution in [3.8, 4) is 0 Å². The Bertz CT molecular complexity index is 1250. The van der Waals surface area contributed by atoms with Crippen molar-refractivity contribution in [2.24, 2.45) is 0 Å². The summed E-state index contributed by atoms with van der Waals surface area (Å²) in [6.07, 6.45) is -1.18. The molecule has 0 aliphatic rings. The van der Waals surface area contributed by atoms with Gasteiger partial charge in [-0.1, -0.05) is 60.3 Å². The topological polar surface area (TPSA) is 55.1 Å². The van der Waals surface area contributed by atoms with E-state index in [0.29, 0.717) is 22.6 Å². The number of thioether (sulfide) groups is 1. The van der Waals surface area contributed by atoms with E-state index in [1.54, 1.807) is 28.8 Å². The molecule has 152 valence electrons. The van der Waals surface area contributed by atoms with E-state index in [-0.39, 0.29) is 16.9 Å². The van der Waals surface area contributed by atoms with Gasteiger partial charge in [0.2, 0.25) is 0 Å². The number of aliphatic hydroxyl groups is 1. The van der Waals surface area contributed by atoms with Crippen molar-refractivity contribution in [1.82, 2.24) is 9.55 Å². The fourth-order valence-corrected chi connectivity index (χ4v) is 4.13. The third-order valence-corrected chi connectivity index (χ3v) is 5.75. The summed E-state index contributed by atoms with van der Waals surface area (Å²) in [7, 11) is 0. The van der Waals surface area contributed by atoms with Crippen molar-refractivity contribution >= 4 is 22.7 Å². The molecule has 1 N–H and O–H groups in total. The van der Waals surface area contributed by atoms with Gasteiger partial charge in [-0.15, -0.1) is 0 Å². The molecule has 30 heavy (non-hydrogen) atoms. The summed E-state index contributed by atoms with van der Waals surface area (Å²) in [5.41, 5.74) is 1.30. The highest BCUT2D eigenvalue weighted by Crippen LogP contribution is 2.26. The zero-order valence-electron chi connectivity index (χ0n) is 15.8. The van der Waals surface area contributed by atoms with Gasteiger partial charge in [-0.25, -0.2) is 13.8 Å². The van der Waals surface area contributed by atoms with Gasteiger partial charge in [-0.05, 0) is 23.8 Å². The molecule has 1 aromatic heterocycles. The minimum absolute atomic E-state index is 0.00152. The number of aromatic nitrogens is 2. The summed E-state index contributed by atoms with van der Waals surface area (Å²) in [5.74, 6) is -1.46. The molecule has 1 atom stereocenters. The first-order valence-electron chi connectivity index (χ1n) is 9.32. The largest absolute Gasteiger partial charge is 0.387 e. The lowest BCUT2D eigenvalue weighted by Gasteiger charge is -2.15. The lowest BCUT2D eigenvalue weighted by Crippen LogP contribution is -2.24. The van der Waals surface area contributed by atoms with Gasteiger partial charge in [0.25, 0.3) is 5.56 Å². The van der Waals surface area contributed by atoms with Crippen molar-refractivity contribution in [3.05, 3.63) is 106 Å². The highest BCUT2D eigenvalue weighted by atomic mass is 32.2. The highest BCUT2D eigenvalue weighted by Gasteiger charge is 2.17. The van der Waals surface area contributed by atoms with Gasteiger partial charge in [0, 0.05) is 17.4 Å². The van der Waals surface area contributed by atoms with Gasteiger partial charge in [-0.2, -0.15) is 0 Å². The van der Waals surface area contributed by atoms with E-state index in [1.165, 1.54) is 6.07 Å². The first-order chi connectivity index (χ1) is 14.5. The molecule has 1 heterocycles. The Labute approximate surface area is 175 Å². The highest BCUT2D eigenvalue weighted by molar-refractivity contribution is 7.99. The molecule has 0 saturated carbocycles. The quantitative estimate of drug-likeness (QED) is 0.365. The van der Waals surface area contributed by atoms with Crippen molar-refractivity contribution in [3.63, 3.8) is 0 Å². The Kier molecular flexibility index (Phi) is 5.92. The van der Waals surface area contributed by atoms with Crippen molar-refractivity contribution in [2.45, 2.75) is 17.8 Å². The summed E-state index contributed by atoms with van der Waals surface area (Å²) >= 11 is 1.15. The molecule has 0 radical (unpaired) electrons. The van der Waals surface area contributed by atoms with Crippen LogP contribution >= 0.6 is 11.8 Å². The van der Waals surface area contributed by atoms with Crippen LogP contribution in [0.15, 0.2) is 82.7 Å². The molecule has 4 aromatic rings. The molecule has 0 amide bonds. The molecule has 4 nitrogen and oxygen atoms in total. The number of fused-ring (bicyclic) bond motifs is 1. The first kappa shape index (κ1) is 20.3. The van der Waals surface area contributed by atoms with Crippen LogP contribution in [-0.2, 0) is 6.54 Å². The average Bonchev–Trinajstić information content (AvgIpc) is 2.75. The van der Waals surface area contributed by atoms with Crippen LogP contribution < -0.4 is 5.56 Å². The van der Waals surface area contributed by atoms with E-state index >= 15 is 0 Å². The first-order valence-corrected chi connectivity index (χ1v) is 10.3. The Balaban J connectivity index is 1.68. The molecular formula is C23H18F2N2O2S. The van der Waals surface area contributed by atoms with Gasteiger partial charge in [0.1, 0.15) is 11.6 Å². The van der Waals surface area contributed by atoms with Crippen LogP contribution in [0.4, 0.5) is 8.78 Å². The Morgan fingerprint density at radius 1 is 1.00 bits per heavy atom. The second-order valence-corrected chi connectivity index (χ2v) is 7.77. The number of benzene rings is 3. The molecule has 4 rings (SSSR count). The zero-order valence-corrected chi connectivity index (χ0v) is 16.7. The molecule has 0 saturated heterocycles. The van der Waals surface area contributed by atoms with Gasteiger partial charge in [0.05, 0.1) is 23.6 Å². The van der Waals surface area contributed by atoms with Crippen LogP contribution in [0.3, 0.4) is 0 Å². The van der Waals surface area contributed by atoms with E-state index in [9.17, 15) is 18.7 Å². The minimum atomic E-state index is -1.18. The Morgan fingerprint density at radius 3 is 2.50 bits per heavy atom. The van der Waals surface area contributed by atoms with Crippen molar-refractivity contribution in [2.75, 3.05) is 5.75 Å². The van der Waals surface area contributed by atoms with Crippen LogP contribution in [0.25, 0.3) is 10.9 Å². The lowest BCUT2D eigenvalue weighted by atomic mass is 10.1. The smallest absolute Gasteiger partial charge is 0.262 e. The fraction of sp³-hybridized carbons (Fsp3) is 0.130. The van der Waals surface area contributed by atoms with E-state index in [2.05, 4.69) is 4.98 Å². The van der Waals surface area contributed by atoms with Crippen molar-refractivity contribution in [1.29, 1.82) is 0 Å². The van der Waals surface area contributed by atoms with Gasteiger partial charge < -0.3 is 5.11 Å². The number of aliphatic hydroxyl groups excluding tert-OH is 1. The average molecular weight is 424 g/mol. The van der Waals surface area contributed by atoms with Crippen LogP contribution in [0.2, 0.25) is 0 Å². The molecule has 0 spiro atoms. The summed E-state index contributed by atoms with van der Waals surface area (Å²) in [5, 5.41) is 11.3. The molecule has 0 aliphatic carbocycles. The molecule has 7 heteroatoms. The summed E-state index contributed by atoms with van der Waals surface area (Å²) in [6, 6.07) is 19.6. The van der Waals surface area contributed by atoms with Crippen LogP contribution in [0.5, 0.6) is 0 Å². The summed E-state index contributed by atoms with van der Waals surface area (Å²) < 4.78 is 28.7. The third-order valence-electron chi connectivity index (χ3n) is 4.70. The molecule has 0 aliphatic heterocycles. The monoisotopic (exact) mass is 424 g/mol. The number of nitrogens with zero attached hydrogens (tertiary/aromatic N) is 2. The van der Waals surface area contributed by atoms with E-state index in [4.69, 9.17) is 0 Å². The van der Waals surface area contributed by atoms with Gasteiger partial charge >= 0.3 is 0 Å². The molecule has 0 fully saturated rings. The predicted octanol–water partition coefficient (Wildman–Crippen LogP) is 4.55. The van der Waals surface area contributed by atoms with Crippen LogP contribution in [0, 0.1) is 11.6 Å². The van der Waals surface area contributed by atoms with E-state index < -0.39 is 17.7 Å². The maximum atomic E-state index is 14.0. The van der Waals surface area contributed by atoms with Gasteiger partial charge in [0.15, 0.2) is 5.16 Å². The standard InChI is InChI=1S/C23H18F2N2O2S/c24-16-10-11-17(19(25)12-16)21(28)14-30-23-26-20-9-5-4-8-18(20)22(29)27(23)13-15-6-2-1-3-7-15/h1-12,21,28H,13-14H2. The molecule has 1 unspecified atom stereocenters. The van der Waals surface area contributed by atoms with Crippen LogP contribution in [0.1, 0.15) is 17.2 Å². The number of hydrogen-bond donors (Lipinski definition) is 1. The zero-order chi connectivity index (χ0) is 21.1. The van der Waals surface area contributed by atoms with E-state index in [1.807, 2.05) is 30.3 Å². The molecular weight excluding hydrogens is 406 g/mol. The third kappa shape index (κ3) is 4.27. The maximum Gasteiger partial charge on any atom is 0.262 e. The normalized spacial score (nSPS) is 12.2. The van der Waals surface area contributed by atoms with E-state index in [0.717, 1.165) is 29.5 Å². The lowest BCUT2D eigenvalue weighted by molar-refractivity contribution is 0.198. The SMILES string of the molecule is O=c1c2ccccc2nc(SCC(O)c2ccc(F)cc2F)n1Cc1ccccc1. The number of rotatable bonds is 6. The Hall–Kier alpha value is -3.03. The predicted molar refractivity (Wildman–Crippen MR) is 114 cm³/mol. The summed E-state index contributed by atoms with van der Waals surface area (Å²) in [4.78, 5) is 17.7. The minimum Gasteiger partial charge on any atom is -0.387 e. The maximum absolute atomic E-state index is 14.0. The fourth-order valence-electron chi connectivity index (χ4n) is 3.18. The second-order valence-electron chi connectivity index (χ2n) is 6.78. The summed E-state index contributed by atoms with van der Waals surface area (Å²) in [6.45, 7) is 0.320. The Morgan fingerprint density at radius 2 is 1.73 bits per heavy atom.